The molecule has 1 fully saturated rings. The highest BCUT2D eigenvalue weighted by Gasteiger charge is 2.22. The largest absolute Gasteiger partial charge is 0.393 e. The van der Waals surface area contributed by atoms with Crippen molar-refractivity contribution in [3.8, 4) is 5.69 Å². The molecule has 1 aliphatic carbocycles. The van der Waals surface area contributed by atoms with Gasteiger partial charge < -0.3 is 10.4 Å². The molecule has 112 valence electrons. The molecule has 1 aromatic heterocycles. The molecular weight excluding hydrogens is 262 g/mol. The molecule has 0 spiro atoms. The molecule has 0 amide bonds. The van der Waals surface area contributed by atoms with Gasteiger partial charge in [0.05, 0.1) is 18.0 Å². The number of para-hydroxylation sites is 1. The van der Waals surface area contributed by atoms with Gasteiger partial charge in [0.1, 0.15) is 0 Å². The van der Waals surface area contributed by atoms with E-state index < -0.39 is 0 Å². The first kappa shape index (κ1) is 14.3. The second-order valence-corrected chi connectivity index (χ2v) is 5.96. The number of benzene rings is 1. The summed E-state index contributed by atoms with van der Waals surface area (Å²) in [6, 6.07) is 10.8. The molecule has 2 aromatic rings. The molecule has 2 N–H and O–H groups in total. The number of hydrogen-bond donors (Lipinski definition) is 2. The number of aromatic nitrogens is 2. The predicted molar refractivity (Wildman–Crippen MR) is 83.4 cm³/mol. The van der Waals surface area contributed by atoms with Crippen molar-refractivity contribution in [1.82, 2.24) is 15.1 Å². The Labute approximate surface area is 125 Å². The minimum Gasteiger partial charge on any atom is -0.393 e. The fourth-order valence-corrected chi connectivity index (χ4v) is 3.05. The Balaban J connectivity index is 1.65. The predicted octanol–water partition coefficient (Wildman–Crippen LogP) is 2.83. The van der Waals surface area contributed by atoms with Crippen LogP contribution in [0.4, 0.5) is 0 Å². The fraction of sp³-hybridized carbons (Fsp3) is 0.471. The van der Waals surface area contributed by atoms with Crippen LogP contribution in [0.15, 0.2) is 42.7 Å². The average Bonchev–Trinajstić information content (AvgIpc) is 2.98. The van der Waals surface area contributed by atoms with Crippen molar-refractivity contribution in [2.24, 2.45) is 0 Å². The monoisotopic (exact) mass is 285 g/mol. The van der Waals surface area contributed by atoms with E-state index in [1.165, 1.54) is 5.56 Å². The zero-order valence-electron chi connectivity index (χ0n) is 12.4. The minimum absolute atomic E-state index is 0.143. The van der Waals surface area contributed by atoms with Gasteiger partial charge in [-0.15, -0.1) is 0 Å². The van der Waals surface area contributed by atoms with E-state index in [4.69, 9.17) is 0 Å². The highest BCUT2D eigenvalue weighted by atomic mass is 16.3. The number of aliphatic hydroxyl groups is 1. The first-order valence-electron chi connectivity index (χ1n) is 7.76. The van der Waals surface area contributed by atoms with Crippen LogP contribution in [0.1, 0.15) is 44.2 Å². The number of nitrogens with one attached hydrogen (secondary N) is 1. The maximum Gasteiger partial charge on any atom is 0.0645 e. The standard InChI is InChI=1S/C17H23N3O/c1-13(19-15-6-5-9-17(21)10-15)14-11-18-20(12-14)16-7-3-2-4-8-16/h2-4,7-8,11-13,15,17,19,21H,5-6,9-10H2,1H3. The summed E-state index contributed by atoms with van der Waals surface area (Å²) >= 11 is 0. The number of aliphatic hydroxyl groups excluding tert-OH is 1. The molecule has 3 atom stereocenters. The summed E-state index contributed by atoms with van der Waals surface area (Å²) in [7, 11) is 0. The van der Waals surface area contributed by atoms with E-state index in [9.17, 15) is 5.11 Å². The molecule has 4 nitrogen and oxygen atoms in total. The van der Waals surface area contributed by atoms with Crippen molar-refractivity contribution in [2.75, 3.05) is 0 Å². The van der Waals surface area contributed by atoms with E-state index >= 15 is 0 Å². The van der Waals surface area contributed by atoms with E-state index in [0.717, 1.165) is 31.4 Å². The lowest BCUT2D eigenvalue weighted by molar-refractivity contribution is 0.109. The van der Waals surface area contributed by atoms with E-state index in [2.05, 4.69) is 23.5 Å². The molecule has 1 aliphatic rings. The van der Waals surface area contributed by atoms with E-state index in [1.54, 1.807) is 0 Å². The van der Waals surface area contributed by atoms with Crippen LogP contribution in [0.25, 0.3) is 5.69 Å². The van der Waals surface area contributed by atoms with Gasteiger partial charge in [0.2, 0.25) is 0 Å². The van der Waals surface area contributed by atoms with Crippen LogP contribution in [0.5, 0.6) is 0 Å². The van der Waals surface area contributed by atoms with Crippen LogP contribution in [0.2, 0.25) is 0 Å². The van der Waals surface area contributed by atoms with Crippen LogP contribution in [0, 0.1) is 0 Å². The summed E-state index contributed by atoms with van der Waals surface area (Å²) < 4.78 is 1.91. The van der Waals surface area contributed by atoms with E-state index in [1.807, 2.05) is 41.2 Å². The summed E-state index contributed by atoms with van der Waals surface area (Å²) in [4.78, 5) is 0. The van der Waals surface area contributed by atoms with Crippen molar-refractivity contribution in [3.63, 3.8) is 0 Å². The molecule has 3 unspecified atom stereocenters. The molecule has 1 saturated carbocycles. The smallest absolute Gasteiger partial charge is 0.0645 e. The summed E-state index contributed by atoms with van der Waals surface area (Å²) in [6.45, 7) is 2.16. The van der Waals surface area contributed by atoms with Crippen LogP contribution in [0.3, 0.4) is 0 Å². The summed E-state index contributed by atoms with van der Waals surface area (Å²) in [5.41, 5.74) is 2.25. The molecule has 4 heteroatoms. The topological polar surface area (TPSA) is 50.1 Å². The van der Waals surface area contributed by atoms with Gasteiger partial charge in [-0.05, 0) is 44.7 Å². The Morgan fingerprint density at radius 1 is 1.29 bits per heavy atom. The lowest BCUT2D eigenvalue weighted by Crippen LogP contribution is -2.37. The zero-order chi connectivity index (χ0) is 14.7. The Bertz CT molecular complexity index is 566. The molecular formula is C17H23N3O. The van der Waals surface area contributed by atoms with Gasteiger partial charge in [-0.25, -0.2) is 4.68 Å². The summed E-state index contributed by atoms with van der Waals surface area (Å²) in [5.74, 6) is 0. The molecule has 3 rings (SSSR count). The molecule has 0 radical (unpaired) electrons. The Hall–Kier alpha value is -1.65. The maximum absolute atomic E-state index is 9.76. The SMILES string of the molecule is CC(NC1CCCC(O)C1)c1cnn(-c2ccccc2)c1. The highest BCUT2D eigenvalue weighted by Crippen LogP contribution is 2.22. The summed E-state index contributed by atoms with van der Waals surface area (Å²) in [6.07, 6.45) is 7.91. The van der Waals surface area contributed by atoms with Crippen molar-refractivity contribution in [3.05, 3.63) is 48.3 Å². The van der Waals surface area contributed by atoms with Crippen LogP contribution < -0.4 is 5.32 Å². The van der Waals surface area contributed by atoms with Gasteiger partial charge in [-0.2, -0.15) is 5.10 Å². The van der Waals surface area contributed by atoms with Crippen molar-refractivity contribution in [1.29, 1.82) is 0 Å². The highest BCUT2D eigenvalue weighted by molar-refractivity contribution is 5.31. The van der Waals surface area contributed by atoms with Gasteiger partial charge in [0.15, 0.2) is 0 Å². The molecule has 1 aromatic carbocycles. The molecule has 0 bridgehead atoms. The van der Waals surface area contributed by atoms with E-state index in [0.29, 0.717) is 6.04 Å². The zero-order valence-corrected chi connectivity index (χ0v) is 12.4. The van der Waals surface area contributed by atoms with Gasteiger partial charge >= 0.3 is 0 Å². The molecule has 0 aliphatic heterocycles. The third kappa shape index (κ3) is 3.52. The quantitative estimate of drug-likeness (QED) is 0.908. The third-order valence-corrected chi connectivity index (χ3v) is 4.26. The first-order valence-corrected chi connectivity index (χ1v) is 7.76. The molecule has 1 heterocycles. The van der Waals surface area contributed by atoms with Gasteiger partial charge in [0, 0.05) is 23.8 Å². The molecule has 21 heavy (non-hydrogen) atoms. The molecule has 0 saturated heterocycles. The summed E-state index contributed by atoms with van der Waals surface area (Å²) in [5, 5.41) is 17.8. The van der Waals surface area contributed by atoms with Gasteiger partial charge in [-0.3, -0.25) is 0 Å². The second-order valence-electron chi connectivity index (χ2n) is 5.96. The minimum atomic E-state index is -0.143. The number of hydrogen-bond acceptors (Lipinski definition) is 3. The number of rotatable bonds is 4. The van der Waals surface area contributed by atoms with Crippen LogP contribution >= 0.6 is 0 Å². The second kappa shape index (κ2) is 6.41. The van der Waals surface area contributed by atoms with Gasteiger partial charge in [0.25, 0.3) is 0 Å². The fourth-order valence-electron chi connectivity index (χ4n) is 3.05. The maximum atomic E-state index is 9.76. The Kier molecular flexibility index (Phi) is 4.36. The van der Waals surface area contributed by atoms with Gasteiger partial charge in [-0.1, -0.05) is 18.2 Å². The van der Waals surface area contributed by atoms with E-state index in [-0.39, 0.29) is 12.1 Å². The van der Waals surface area contributed by atoms with Crippen LogP contribution in [-0.2, 0) is 0 Å². The van der Waals surface area contributed by atoms with Crippen LogP contribution in [-0.4, -0.2) is 27.0 Å². The lowest BCUT2D eigenvalue weighted by atomic mass is 9.92. The van der Waals surface area contributed by atoms with Crippen molar-refractivity contribution in [2.45, 2.75) is 50.8 Å². The first-order chi connectivity index (χ1) is 10.2. The van der Waals surface area contributed by atoms with Crippen molar-refractivity contribution >= 4 is 0 Å². The van der Waals surface area contributed by atoms with Crippen molar-refractivity contribution < 1.29 is 5.11 Å². The lowest BCUT2D eigenvalue weighted by Gasteiger charge is -2.29. The normalized spacial score (nSPS) is 23.9. The third-order valence-electron chi connectivity index (χ3n) is 4.26. The number of nitrogens with zero attached hydrogens (tertiary/aromatic N) is 2. The Morgan fingerprint density at radius 2 is 2.10 bits per heavy atom. The Morgan fingerprint density at radius 3 is 2.86 bits per heavy atom. The average molecular weight is 285 g/mol.